The van der Waals surface area contributed by atoms with E-state index in [9.17, 15) is 0 Å². The van der Waals surface area contributed by atoms with Gasteiger partial charge < -0.3 is 0 Å². The van der Waals surface area contributed by atoms with Crippen molar-refractivity contribution in [3.05, 3.63) is 45.2 Å². The maximum Gasteiger partial charge on any atom is 0.118 e. The molecule has 0 atom stereocenters. The lowest BCUT2D eigenvalue weighted by Gasteiger charge is -2.02. The second kappa shape index (κ2) is 5.36. The first-order valence-corrected chi connectivity index (χ1v) is 6.62. The van der Waals surface area contributed by atoms with Gasteiger partial charge in [-0.1, -0.05) is 35.0 Å². The van der Waals surface area contributed by atoms with Crippen LogP contribution in [0.5, 0.6) is 0 Å². The third kappa shape index (κ3) is 3.10. The maximum absolute atomic E-state index is 5.92. The first-order valence-electron chi connectivity index (χ1n) is 4.25. The molecule has 0 bridgehead atoms. The zero-order valence-electron chi connectivity index (χ0n) is 7.82. The van der Waals surface area contributed by atoms with Crippen molar-refractivity contribution in [1.29, 1.82) is 0 Å². The predicted octanol–water partition coefficient (Wildman–Crippen LogP) is 4.70. The molecule has 6 heteroatoms. The summed E-state index contributed by atoms with van der Waals surface area (Å²) in [6.07, 6.45) is 1.50. The van der Waals surface area contributed by atoms with Crippen LogP contribution in [0.25, 0.3) is 0 Å². The highest BCUT2D eigenvalue weighted by Gasteiger charge is 2.03. The van der Waals surface area contributed by atoms with Crippen molar-refractivity contribution in [2.75, 3.05) is 0 Å². The molecule has 16 heavy (non-hydrogen) atoms. The van der Waals surface area contributed by atoms with Crippen LogP contribution in [-0.2, 0) is 0 Å². The topological polar surface area (TPSA) is 25.8 Å². The fourth-order valence-corrected chi connectivity index (χ4v) is 2.68. The van der Waals surface area contributed by atoms with Crippen molar-refractivity contribution in [2.45, 2.75) is 9.92 Å². The molecule has 82 valence electrons. The molecule has 0 radical (unpaired) electrons. The molecule has 0 saturated carbocycles. The van der Waals surface area contributed by atoms with E-state index in [0.29, 0.717) is 10.0 Å². The molecule has 1 aromatic heterocycles. The molecule has 0 unspecified atom stereocenters. The summed E-state index contributed by atoms with van der Waals surface area (Å²) in [5.74, 6) is 0. The van der Waals surface area contributed by atoms with Gasteiger partial charge in [-0.2, -0.15) is 0 Å². The van der Waals surface area contributed by atoms with Crippen LogP contribution in [-0.4, -0.2) is 9.97 Å². The van der Waals surface area contributed by atoms with Crippen LogP contribution in [0.1, 0.15) is 0 Å². The van der Waals surface area contributed by atoms with E-state index in [1.54, 1.807) is 6.07 Å². The third-order valence-corrected chi connectivity index (χ3v) is 3.82. The van der Waals surface area contributed by atoms with Crippen molar-refractivity contribution in [1.82, 2.24) is 9.97 Å². The first kappa shape index (κ1) is 12.2. The Hall–Kier alpha value is -0.290. The van der Waals surface area contributed by atoms with E-state index in [4.69, 9.17) is 23.2 Å². The Morgan fingerprint density at radius 3 is 2.56 bits per heavy atom. The van der Waals surface area contributed by atoms with E-state index in [0.717, 1.165) is 14.5 Å². The monoisotopic (exact) mass is 334 g/mol. The molecular formula is C10H5BrCl2N2S. The summed E-state index contributed by atoms with van der Waals surface area (Å²) in [5, 5.41) is 1.94. The largest absolute Gasteiger partial charge is 0.230 e. The van der Waals surface area contributed by atoms with E-state index in [1.807, 2.05) is 18.2 Å². The van der Waals surface area contributed by atoms with Crippen molar-refractivity contribution < 1.29 is 0 Å². The summed E-state index contributed by atoms with van der Waals surface area (Å²) < 4.78 is 0.755. The van der Waals surface area contributed by atoms with Crippen LogP contribution in [0, 0.1) is 0 Å². The van der Waals surface area contributed by atoms with Gasteiger partial charge in [0.2, 0.25) is 0 Å². The Morgan fingerprint density at radius 1 is 1.06 bits per heavy atom. The SMILES string of the molecule is Clc1ccc(Sc2cc(Br)ncn2)cc1Cl. The Kier molecular flexibility index (Phi) is 4.08. The van der Waals surface area contributed by atoms with Crippen LogP contribution in [0.3, 0.4) is 0 Å². The lowest BCUT2D eigenvalue weighted by atomic mass is 10.4. The van der Waals surface area contributed by atoms with Crippen LogP contribution < -0.4 is 0 Å². The minimum Gasteiger partial charge on any atom is -0.230 e. The number of benzene rings is 1. The Balaban J connectivity index is 2.24. The lowest BCUT2D eigenvalue weighted by molar-refractivity contribution is 1.03. The van der Waals surface area contributed by atoms with Gasteiger partial charge in [0.05, 0.1) is 10.0 Å². The van der Waals surface area contributed by atoms with Gasteiger partial charge in [0.25, 0.3) is 0 Å². The van der Waals surface area contributed by atoms with Gasteiger partial charge in [-0.25, -0.2) is 9.97 Å². The average molecular weight is 336 g/mol. The fraction of sp³-hybridized carbons (Fsp3) is 0. The Bertz CT molecular complexity index is 522. The highest BCUT2D eigenvalue weighted by Crippen LogP contribution is 2.31. The molecule has 1 heterocycles. The van der Waals surface area contributed by atoms with E-state index in [-0.39, 0.29) is 0 Å². The molecular weight excluding hydrogens is 331 g/mol. The molecule has 0 N–H and O–H groups in total. The molecule has 0 aliphatic rings. The number of nitrogens with zero attached hydrogens (tertiary/aromatic N) is 2. The summed E-state index contributed by atoms with van der Waals surface area (Å²) in [4.78, 5) is 9.08. The fourth-order valence-electron chi connectivity index (χ4n) is 1.03. The second-order valence-electron chi connectivity index (χ2n) is 2.86. The van der Waals surface area contributed by atoms with Gasteiger partial charge in [0.15, 0.2) is 0 Å². The summed E-state index contributed by atoms with van der Waals surface area (Å²) >= 11 is 16.5. The summed E-state index contributed by atoms with van der Waals surface area (Å²) in [6, 6.07) is 7.31. The number of rotatable bonds is 2. The Morgan fingerprint density at radius 2 is 1.88 bits per heavy atom. The minimum atomic E-state index is 0.541. The molecule has 2 aromatic rings. The Labute approximate surface area is 116 Å². The molecule has 2 rings (SSSR count). The molecule has 0 aliphatic heterocycles. The smallest absolute Gasteiger partial charge is 0.118 e. The molecule has 0 fully saturated rings. The maximum atomic E-state index is 5.92. The number of hydrogen-bond acceptors (Lipinski definition) is 3. The second-order valence-corrected chi connectivity index (χ2v) is 5.58. The average Bonchev–Trinajstić information content (AvgIpc) is 2.24. The van der Waals surface area contributed by atoms with Gasteiger partial charge in [-0.3, -0.25) is 0 Å². The molecule has 0 amide bonds. The zero-order chi connectivity index (χ0) is 11.5. The number of halogens is 3. The molecule has 0 aliphatic carbocycles. The number of aromatic nitrogens is 2. The van der Waals surface area contributed by atoms with Crippen molar-refractivity contribution in [3.63, 3.8) is 0 Å². The van der Waals surface area contributed by atoms with Gasteiger partial charge >= 0.3 is 0 Å². The standard InChI is InChI=1S/C10H5BrCl2N2S/c11-9-4-10(15-5-14-9)16-6-1-2-7(12)8(13)3-6/h1-5H. The van der Waals surface area contributed by atoms with Crippen molar-refractivity contribution in [3.8, 4) is 0 Å². The first-order chi connectivity index (χ1) is 7.65. The summed E-state index contributed by atoms with van der Waals surface area (Å²) in [5.41, 5.74) is 0. The van der Waals surface area contributed by atoms with Gasteiger partial charge in [-0.15, -0.1) is 0 Å². The third-order valence-electron chi connectivity index (χ3n) is 1.72. The van der Waals surface area contributed by atoms with Gasteiger partial charge in [0, 0.05) is 11.0 Å². The van der Waals surface area contributed by atoms with E-state index in [2.05, 4.69) is 25.9 Å². The van der Waals surface area contributed by atoms with E-state index < -0.39 is 0 Å². The van der Waals surface area contributed by atoms with Crippen molar-refractivity contribution >= 4 is 50.9 Å². The van der Waals surface area contributed by atoms with Crippen molar-refractivity contribution in [2.24, 2.45) is 0 Å². The van der Waals surface area contributed by atoms with Crippen LogP contribution in [0.2, 0.25) is 10.0 Å². The predicted molar refractivity (Wildman–Crippen MR) is 70.3 cm³/mol. The molecule has 2 nitrogen and oxygen atoms in total. The molecule has 0 saturated heterocycles. The number of hydrogen-bond donors (Lipinski definition) is 0. The van der Waals surface area contributed by atoms with Crippen LogP contribution in [0.15, 0.2) is 45.1 Å². The molecule has 0 spiro atoms. The normalized spacial score (nSPS) is 10.4. The van der Waals surface area contributed by atoms with Crippen LogP contribution in [0.4, 0.5) is 0 Å². The van der Waals surface area contributed by atoms with Gasteiger partial charge in [0.1, 0.15) is 16.0 Å². The minimum absolute atomic E-state index is 0.541. The van der Waals surface area contributed by atoms with E-state index in [1.165, 1.54) is 18.1 Å². The van der Waals surface area contributed by atoms with E-state index >= 15 is 0 Å². The quantitative estimate of drug-likeness (QED) is 0.744. The highest BCUT2D eigenvalue weighted by molar-refractivity contribution is 9.10. The summed E-state index contributed by atoms with van der Waals surface area (Å²) in [6.45, 7) is 0. The zero-order valence-corrected chi connectivity index (χ0v) is 11.7. The summed E-state index contributed by atoms with van der Waals surface area (Å²) in [7, 11) is 0. The lowest BCUT2D eigenvalue weighted by Crippen LogP contribution is -1.83. The van der Waals surface area contributed by atoms with Crippen LogP contribution >= 0.6 is 50.9 Å². The molecule has 1 aromatic carbocycles. The highest BCUT2D eigenvalue weighted by atomic mass is 79.9. The van der Waals surface area contributed by atoms with Gasteiger partial charge in [-0.05, 0) is 34.1 Å².